The van der Waals surface area contributed by atoms with Crippen LogP contribution < -0.4 is 10.2 Å². The zero-order chi connectivity index (χ0) is 21.1. The van der Waals surface area contributed by atoms with E-state index in [-0.39, 0.29) is 23.8 Å². The van der Waals surface area contributed by atoms with Gasteiger partial charge in [0.2, 0.25) is 5.91 Å². The molecule has 2 heterocycles. The van der Waals surface area contributed by atoms with E-state index in [2.05, 4.69) is 22.3 Å². The van der Waals surface area contributed by atoms with Crippen molar-refractivity contribution in [3.8, 4) is 11.4 Å². The molecule has 1 aliphatic heterocycles. The van der Waals surface area contributed by atoms with Crippen LogP contribution >= 0.6 is 0 Å². The molecule has 0 radical (unpaired) electrons. The molecule has 1 aromatic heterocycles. The van der Waals surface area contributed by atoms with Crippen molar-refractivity contribution in [3.05, 3.63) is 41.6 Å². The molecule has 0 bridgehead atoms. The summed E-state index contributed by atoms with van der Waals surface area (Å²) in [5.41, 5.74) is 3.15. The van der Waals surface area contributed by atoms with Crippen molar-refractivity contribution in [2.45, 2.75) is 46.0 Å². The highest BCUT2D eigenvalue weighted by molar-refractivity contribution is 5.79. The summed E-state index contributed by atoms with van der Waals surface area (Å²) in [7, 11) is 0. The van der Waals surface area contributed by atoms with Crippen molar-refractivity contribution in [1.82, 2.24) is 15.3 Å². The third kappa shape index (κ3) is 4.48. The predicted molar refractivity (Wildman–Crippen MR) is 118 cm³/mol. The van der Waals surface area contributed by atoms with Crippen LogP contribution in [0.5, 0.6) is 0 Å². The number of anilines is 1. The van der Waals surface area contributed by atoms with Gasteiger partial charge in [-0.3, -0.25) is 4.79 Å². The van der Waals surface area contributed by atoms with E-state index in [1.54, 1.807) is 0 Å². The summed E-state index contributed by atoms with van der Waals surface area (Å²) < 4.78 is 0. The number of aromatic nitrogens is 2. The van der Waals surface area contributed by atoms with E-state index in [1.807, 2.05) is 32.0 Å². The summed E-state index contributed by atoms with van der Waals surface area (Å²) in [5.74, 6) is 1.82. The molecule has 1 amide bonds. The third-order valence-corrected chi connectivity index (χ3v) is 6.20. The van der Waals surface area contributed by atoms with Crippen molar-refractivity contribution in [2.24, 2.45) is 11.3 Å². The molecule has 6 heteroatoms. The number of hydrogen-bond acceptors (Lipinski definition) is 5. The van der Waals surface area contributed by atoms with Crippen LogP contribution in [-0.2, 0) is 17.6 Å². The van der Waals surface area contributed by atoms with Crippen LogP contribution in [0, 0.1) is 11.3 Å². The number of piperidine rings is 1. The Labute approximate surface area is 178 Å². The van der Waals surface area contributed by atoms with Crippen LogP contribution in [-0.4, -0.2) is 47.2 Å². The molecule has 0 spiro atoms. The standard InChI is InChI=1S/C24H32N4O2/c1-24(2,16-29)15-25-23(30)18-10-7-13-28(14-18)22-19-11-6-12-20(19)26-21(27-22)17-8-4-3-5-9-17/h3-5,8-9,18,29H,6-7,10-16H2,1-2H3,(H,25,30). The van der Waals surface area contributed by atoms with Gasteiger partial charge in [-0.25, -0.2) is 9.97 Å². The molecule has 1 saturated heterocycles. The molecule has 2 aliphatic rings. The number of nitrogens with one attached hydrogen (secondary N) is 1. The van der Waals surface area contributed by atoms with Gasteiger partial charge >= 0.3 is 0 Å². The number of amides is 1. The number of nitrogens with zero attached hydrogens (tertiary/aromatic N) is 3. The van der Waals surface area contributed by atoms with E-state index in [9.17, 15) is 9.90 Å². The minimum Gasteiger partial charge on any atom is -0.396 e. The van der Waals surface area contributed by atoms with Gasteiger partial charge in [-0.2, -0.15) is 0 Å². The average Bonchev–Trinajstić information content (AvgIpc) is 3.26. The molecule has 1 aliphatic carbocycles. The highest BCUT2D eigenvalue weighted by atomic mass is 16.3. The van der Waals surface area contributed by atoms with E-state index >= 15 is 0 Å². The van der Waals surface area contributed by atoms with Gasteiger partial charge in [0.25, 0.3) is 0 Å². The van der Waals surface area contributed by atoms with E-state index in [0.717, 1.165) is 61.5 Å². The second kappa shape index (κ2) is 8.72. The topological polar surface area (TPSA) is 78.4 Å². The van der Waals surface area contributed by atoms with Crippen molar-refractivity contribution in [3.63, 3.8) is 0 Å². The van der Waals surface area contributed by atoms with Crippen LogP contribution in [0.3, 0.4) is 0 Å². The fourth-order valence-electron chi connectivity index (χ4n) is 4.30. The van der Waals surface area contributed by atoms with Gasteiger partial charge in [0.05, 0.1) is 5.92 Å². The number of carbonyl (C=O) groups excluding carboxylic acids is 1. The number of aliphatic hydroxyl groups excluding tert-OH is 1. The van der Waals surface area contributed by atoms with Crippen molar-refractivity contribution >= 4 is 11.7 Å². The zero-order valence-corrected chi connectivity index (χ0v) is 18.0. The molecule has 30 heavy (non-hydrogen) atoms. The van der Waals surface area contributed by atoms with Gasteiger partial charge in [-0.05, 0) is 32.1 Å². The maximum absolute atomic E-state index is 12.8. The van der Waals surface area contributed by atoms with Gasteiger partial charge in [-0.15, -0.1) is 0 Å². The number of rotatable bonds is 6. The lowest BCUT2D eigenvalue weighted by Crippen LogP contribution is -2.46. The van der Waals surface area contributed by atoms with Gasteiger partial charge < -0.3 is 15.3 Å². The Bertz CT molecular complexity index is 898. The number of carbonyl (C=O) groups is 1. The van der Waals surface area contributed by atoms with Crippen LogP contribution in [0.25, 0.3) is 11.4 Å². The fraction of sp³-hybridized carbons (Fsp3) is 0.542. The van der Waals surface area contributed by atoms with Crippen LogP contribution in [0.1, 0.15) is 44.4 Å². The molecule has 160 valence electrons. The monoisotopic (exact) mass is 408 g/mol. The van der Waals surface area contributed by atoms with Gasteiger partial charge in [0.15, 0.2) is 5.82 Å². The van der Waals surface area contributed by atoms with Crippen molar-refractivity contribution in [2.75, 3.05) is 31.1 Å². The molecule has 1 atom stereocenters. The first-order valence-electron chi connectivity index (χ1n) is 11.1. The van der Waals surface area contributed by atoms with Gasteiger partial charge in [0, 0.05) is 48.5 Å². The minimum absolute atomic E-state index is 0.0550. The second-order valence-corrected chi connectivity index (χ2v) is 9.34. The molecule has 0 saturated carbocycles. The lowest BCUT2D eigenvalue weighted by atomic mass is 9.93. The molecule has 2 N–H and O–H groups in total. The number of hydrogen-bond donors (Lipinski definition) is 2. The van der Waals surface area contributed by atoms with E-state index in [4.69, 9.17) is 9.97 Å². The molecule has 1 aromatic carbocycles. The highest BCUT2D eigenvalue weighted by Crippen LogP contribution is 2.33. The molecular formula is C24H32N4O2. The molecule has 2 aromatic rings. The summed E-state index contributed by atoms with van der Waals surface area (Å²) >= 11 is 0. The van der Waals surface area contributed by atoms with Gasteiger partial charge in [-0.1, -0.05) is 44.2 Å². The maximum atomic E-state index is 12.8. The number of benzene rings is 1. The third-order valence-electron chi connectivity index (χ3n) is 6.20. The van der Waals surface area contributed by atoms with E-state index < -0.39 is 0 Å². The lowest BCUT2D eigenvalue weighted by Gasteiger charge is -2.34. The normalized spacial score (nSPS) is 18.9. The van der Waals surface area contributed by atoms with Crippen LogP contribution in [0.4, 0.5) is 5.82 Å². The molecule has 1 unspecified atom stereocenters. The highest BCUT2D eigenvalue weighted by Gasteiger charge is 2.31. The van der Waals surface area contributed by atoms with E-state index in [0.29, 0.717) is 13.1 Å². The Kier molecular flexibility index (Phi) is 6.04. The summed E-state index contributed by atoms with van der Waals surface area (Å²) in [6, 6.07) is 10.1. The average molecular weight is 409 g/mol. The SMILES string of the molecule is CC(C)(CO)CNC(=O)C1CCCN(c2nc(-c3ccccc3)nc3c2CCC3)C1. The Morgan fingerprint density at radius 1 is 1.20 bits per heavy atom. The van der Waals surface area contributed by atoms with Crippen LogP contribution in [0.2, 0.25) is 0 Å². The Balaban J connectivity index is 1.55. The maximum Gasteiger partial charge on any atom is 0.224 e. The van der Waals surface area contributed by atoms with Crippen molar-refractivity contribution < 1.29 is 9.90 Å². The fourth-order valence-corrected chi connectivity index (χ4v) is 4.30. The summed E-state index contributed by atoms with van der Waals surface area (Å²) in [4.78, 5) is 24.9. The van der Waals surface area contributed by atoms with E-state index in [1.165, 1.54) is 5.56 Å². The van der Waals surface area contributed by atoms with Crippen molar-refractivity contribution in [1.29, 1.82) is 0 Å². The summed E-state index contributed by atoms with van der Waals surface area (Å²) in [5, 5.41) is 12.5. The first-order valence-corrected chi connectivity index (χ1v) is 11.1. The largest absolute Gasteiger partial charge is 0.396 e. The first-order chi connectivity index (χ1) is 14.5. The first kappa shape index (κ1) is 20.8. The summed E-state index contributed by atoms with van der Waals surface area (Å²) in [6.07, 6.45) is 4.99. The predicted octanol–water partition coefficient (Wildman–Crippen LogP) is 2.98. The smallest absolute Gasteiger partial charge is 0.224 e. The summed E-state index contributed by atoms with van der Waals surface area (Å²) in [6.45, 7) is 6.05. The van der Waals surface area contributed by atoms with Crippen LogP contribution in [0.15, 0.2) is 30.3 Å². The Morgan fingerprint density at radius 3 is 2.77 bits per heavy atom. The quantitative estimate of drug-likeness (QED) is 0.768. The molecule has 4 rings (SSSR count). The second-order valence-electron chi connectivity index (χ2n) is 9.34. The molecular weight excluding hydrogens is 376 g/mol. The Hall–Kier alpha value is -2.47. The van der Waals surface area contributed by atoms with Gasteiger partial charge in [0.1, 0.15) is 5.82 Å². The molecule has 1 fully saturated rings. The number of aliphatic hydroxyl groups is 1. The Morgan fingerprint density at radius 2 is 2.00 bits per heavy atom. The lowest BCUT2D eigenvalue weighted by molar-refractivity contribution is -0.125. The molecule has 6 nitrogen and oxygen atoms in total. The number of aryl methyl sites for hydroxylation is 1. The minimum atomic E-state index is -0.303. The zero-order valence-electron chi connectivity index (χ0n) is 18.0. The number of fused-ring (bicyclic) bond motifs is 1.